The average molecular weight is 389 g/mol. The third kappa shape index (κ3) is 3.62. The second-order valence-electron chi connectivity index (χ2n) is 6.46. The van der Waals surface area contributed by atoms with Gasteiger partial charge in [0.1, 0.15) is 29.6 Å². The molecule has 10 heteroatoms. The molecule has 1 aliphatic rings. The van der Waals surface area contributed by atoms with Crippen molar-refractivity contribution in [1.29, 1.82) is 0 Å². The van der Waals surface area contributed by atoms with Gasteiger partial charge in [-0.1, -0.05) is 0 Å². The van der Waals surface area contributed by atoms with Gasteiger partial charge in [-0.2, -0.15) is 13.2 Å². The number of rotatable bonds is 3. The van der Waals surface area contributed by atoms with Gasteiger partial charge >= 0.3 is 6.18 Å². The minimum atomic E-state index is -4.37. The average Bonchev–Trinajstić information content (AvgIpc) is 3.14. The Labute approximate surface area is 159 Å². The van der Waals surface area contributed by atoms with Crippen molar-refractivity contribution in [1.82, 2.24) is 24.5 Å². The van der Waals surface area contributed by atoms with E-state index in [0.717, 1.165) is 29.7 Å². The van der Waals surface area contributed by atoms with Gasteiger partial charge in [-0.05, 0) is 19.1 Å². The fraction of sp³-hybridized carbons (Fsp3) is 0.333. The van der Waals surface area contributed by atoms with Crippen LogP contribution in [0.3, 0.4) is 0 Å². The summed E-state index contributed by atoms with van der Waals surface area (Å²) in [5, 5.41) is 0. The first kappa shape index (κ1) is 18.2. The highest BCUT2D eigenvalue weighted by atomic mass is 19.4. The Balaban J connectivity index is 1.44. The van der Waals surface area contributed by atoms with Gasteiger partial charge in [0, 0.05) is 50.8 Å². The first-order valence-corrected chi connectivity index (χ1v) is 8.77. The van der Waals surface area contributed by atoms with Crippen LogP contribution in [0.1, 0.15) is 11.4 Å². The van der Waals surface area contributed by atoms with Crippen LogP contribution in [0.2, 0.25) is 0 Å². The molecule has 0 spiro atoms. The fourth-order valence-electron chi connectivity index (χ4n) is 3.17. The summed E-state index contributed by atoms with van der Waals surface area (Å²) in [4.78, 5) is 20.9. The Morgan fingerprint density at radius 1 is 0.857 bits per heavy atom. The molecule has 28 heavy (non-hydrogen) atoms. The second-order valence-corrected chi connectivity index (χ2v) is 6.46. The quantitative estimate of drug-likeness (QED) is 0.687. The highest BCUT2D eigenvalue weighted by molar-refractivity contribution is 5.47. The maximum atomic E-state index is 12.7. The van der Waals surface area contributed by atoms with Crippen molar-refractivity contribution in [2.24, 2.45) is 0 Å². The lowest BCUT2D eigenvalue weighted by molar-refractivity contribution is -0.137. The number of alkyl halides is 3. The first-order chi connectivity index (χ1) is 13.4. The van der Waals surface area contributed by atoms with Crippen LogP contribution in [0, 0.1) is 6.92 Å². The van der Waals surface area contributed by atoms with E-state index in [2.05, 4.69) is 24.8 Å². The predicted molar refractivity (Wildman–Crippen MR) is 97.6 cm³/mol. The van der Waals surface area contributed by atoms with Crippen molar-refractivity contribution < 1.29 is 13.2 Å². The second kappa shape index (κ2) is 7.10. The van der Waals surface area contributed by atoms with E-state index in [4.69, 9.17) is 0 Å². The molecule has 7 nitrogen and oxygen atoms in total. The van der Waals surface area contributed by atoms with Crippen LogP contribution in [0.15, 0.2) is 43.1 Å². The SMILES string of the molecule is Cc1nccn1-c1cc(N2CCN(c3ccc(C(F)(F)F)cn3)CC2)ncn1. The summed E-state index contributed by atoms with van der Waals surface area (Å²) >= 11 is 0. The molecule has 0 amide bonds. The number of pyridine rings is 1. The maximum absolute atomic E-state index is 12.7. The molecule has 1 fully saturated rings. The highest BCUT2D eigenvalue weighted by Gasteiger charge is 2.31. The van der Waals surface area contributed by atoms with Gasteiger partial charge in [0.25, 0.3) is 0 Å². The minimum absolute atomic E-state index is 0.546. The third-order valence-corrected chi connectivity index (χ3v) is 4.71. The summed E-state index contributed by atoms with van der Waals surface area (Å²) in [6.45, 7) is 4.55. The van der Waals surface area contributed by atoms with E-state index in [1.165, 1.54) is 12.4 Å². The Hall–Kier alpha value is -3.17. The van der Waals surface area contributed by atoms with E-state index < -0.39 is 11.7 Å². The van der Waals surface area contributed by atoms with Crippen LogP contribution >= 0.6 is 0 Å². The topological polar surface area (TPSA) is 63.0 Å². The Bertz CT molecular complexity index is 944. The van der Waals surface area contributed by atoms with Crippen molar-refractivity contribution in [3.05, 3.63) is 54.5 Å². The number of hydrogen-bond acceptors (Lipinski definition) is 6. The molecule has 0 bridgehead atoms. The summed E-state index contributed by atoms with van der Waals surface area (Å²) in [5.74, 6) is 2.93. The zero-order valence-electron chi connectivity index (χ0n) is 15.1. The molecule has 0 saturated carbocycles. The van der Waals surface area contributed by atoms with E-state index in [0.29, 0.717) is 32.0 Å². The van der Waals surface area contributed by atoms with E-state index in [1.54, 1.807) is 6.20 Å². The molecular formula is C18H18F3N7. The van der Waals surface area contributed by atoms with Crippen molar-refractivity contribution in [2.75, 3.05) is 36.0 Å². The van der Waals surface area contributed by atoms with Gasteiger partial charge in [-0.25, -0.2) is 19.9 Å². The summed E-state index contributed by atoms with van der Waals surface area (Å²) in [6.07, 6.45) is 1.59. The molecule has 0 radical (unpaired) electrons. The number of nitrogens with zero attached hydrogens (tertiary/aromatic N) is 7. The molecule has 4 rings (SSSR count). The molecule has 0 N–H and O–H groups in total. The third-order valence-electron chi connectivity index (χ3n) is 4.71. The number of hydrogen-bond donors (Lipinski definition) is 0. The molecule has 1 aliphatic heterocycles. The smallest absolute Gasteiger partial charge is 0.353 e. The lowest BCUT2D eigenvalue weighted by atomic mass is 10.2. The molecule has 4 heterocycles. The van der Waals surface area contributed by atoms with Crippen molar-refractivity contribution >= 4 is 11.6 Å². The van der Waals surface area contributed by atoms with Crippen molar-refractivity contribution in [3.63, 3.8) is 0 Å². The van der Waals surface area contributed by atoms with Crippen LogP contribution in [0.25, 0.3) is 5.82 Å². The Morgan fingerprint density at radius 2 is 1.54 bits per heavy atom. The van der Waals surface area contributed by atoms with E-state index in [9.17, 15) is 13.2 Å². The molecule has 3 aromatic heterocycles. The fourth-order valence-corrected chi connectivity index (χ4v) is 3.17. The molecular weight excluding hydrogens is 371 g/mol. The van der Waals surface area contributed by atoms with Crippen LogP contribution < -0.4 is 9.80 Å². The summed E-state index contributed by atoms with van der Waals surface area (Å²) in [6, 6.07) is 4.39. The number of anilines is 2. The van der Waals surface area contributed by atoms with Crippen LogP contribution in [-0.4, -0.2) is 50.7 Å². The summed E-state index contributed by atoms with van der Waals surface area (Å²) in [7, 11) is 0. The number of aromatic nitrogens is 5. The minimum Gasteiger partial charge on any atom is -0.353 e. The number of aryl methyl sites for hydroxylation is 1. The Morgan fingerprint density at radius 3 is 2.11 bits per heavy atom. The van der Waals surface area contributed by atoms with Crippen LogP contribution in [-0.2, 0) is 6.18 Å². The highest BCUT2D eigenvalue weighted by Crippen LogP contribution is 2.29. The molecule has 0 unspecified atom stereocenters. The number of imidazole rings is 1. The van der Waals surface area contributed by atoms with Gasteiger partial charge in [0.05, 0.1) is 5.56 Å². The summed E-state index contributed by atoms with van der Waals surface area (Å²) < 4.78 is 39.9. The zero-order valence-corrected chi connectivity index (χ0v) is 15.1. The monoisotopic (exact) mass is 389 g/mol. The number of piperazine rings is 1. The summed E-state index contributed by atoms with van der Waals surface area (Å²) in [5.41, 5.74) is -0.738. The molecule has 3 aromatic rings. The molecule has 0 aromatic carbocycles. The Kier molecular flexibility index (Phi) is 4.62. The largest absolute Gasteiger partial charge is 0.417 e. The standard InChI is InChI=1S/C18H18F3N7/c1-13-22-4-5-28(13)17-10-16(24-12-25-17)27-8-6-26(7-9-27)15-3-2-14(11-23-15)18(19,20)21/h2-5,10-12H,6-9H2,1H3. The zero-order chi connectivity index (χ0) is 19.7. The lowest BCUT2D eigenvalue weighted by Crippen LogP contribution is -2.47. The van der Waals surface area contributed by atoms with Gasteiger partial charge in [-0.3, -0.25) is 4.57 Å². The predicted octanol–water partition coefficient (Wildman–Crippen LogP) is 2.71. The van der Waals surface area contributed by atoms with Crippen LogP contribution in [0.5, 0.6) is 0 Å². The van der Waals surface area contributed by atoms with Crippen molar-refractivity contribution in [3.8, 4) is 5.82 Å². The van der Waals surface area contributed by atoms with Crippen LogP contribution in [0.4, 0.5) is 24.8 Å². The lowest BCUT2D eigenvalue weighted by Gasteiger charge is -2.36. The molecule has 146 valence electrons. The normalized spacial score (nSPS) is 15.1. The van der Waals surface area contributed by atoms with Gasteiger partial charge < -0.3 is 9.80 Å². The van der Waals surface area contributed by atoms with Crippen molar-refractivity contribution in [2.45, 2.75) is 13.1 Å². The molecule has 0 aliphatic carbocycles. The van der Waals surface area contributed by atoms with Gasteiger partial charge in [0.2, 0.25) is 0 Å². The first-order valence-electron chi connectivity index (χ1n) is 8.77. The van der Waals surface area contributed by atoms with E-state index in [1.807, 2.05) is 28.7 Å². The maximum Gasteiger partial charge on any atom is 0.417 e. The number of halogens is 3. The van der Waals surface area contributed by atoms with Gasteiger partial charge in [-0.15, -0.1) is 0 Å². The van der Waals surface area contributed by atoms with E-state index in [-0.39, 0.29) is 0 Å². The van der Waals surface area contributed by atoms with Gasteiger partial charge in [0.15, 0.2) is 0 Å². The molecule has 0 atom stereocenters. The van der Waals surface area contributed by atoms with E-state index >= 15 is 0 Å². The molecule has 1 saturated heterocycles.